The number of nitrogens with zero attached hydrogens (tertiary/aromatic N) is 3. The third-order valence-electron chi connectivity index (χ3n) is 3.16. The minimum atomic E-state index is -0.433. The van der Waals surface area contributed by atoms with Gasteiger partial charge in [0.1, 0.15) is 12.4 Å². The van der Waals surface area contributed by atoms with Crippen molar-refractivity contribution < 1.29 is 9.66 Å². The minimum absolute atomic E-state index is 0.0518. The van der Waals surface area contributed by atoms with E-state index in [-0.39, 0.29) is 5.69 Å². The third kappa shape index (κ3) is 3.12. The Hall–Kier alpha value is -3.15. The first-order valence-electron chi connectivity index (χ1n) is 6.68. The van der Waals surface area contributed by atoms with E-state index >= 15 is 0 Å². The molecule has 6 heteroatoms. The largest absolute Gasteiger partial charge is 0.489 e. The molecule has 1 heterocycles. The Labute approximate surface area is 126 Å². The second kappa shape index (κ2) is 6.09. The second-order valence-corrected chi connectivity index (χ2v) is 4.66. The maximum Gasteiger partial charge on any atom is 0.269 e. The average molecular weight is 295 g/mol. The SMILES string of the molecule is O=[N+]([O-])c1ccc(OCc2ccc(-n3cccn3)cc2)cc1. The van der Waals surface area contributed by atoms with Gasteiger partial charge in [-0.1, -0.05) is 12.1 Å². The molecule has 0 saturated carbocycles. The molecule has 6 nitrogen and oxygen atoms in total. The second-order valence-electron chi connectivity index (χ2n) is 4.66. The molecule has 0 unspecified atom stereocenters. The molecule has 0 aliphatic carbocycles. The molecule has 0 aliphatic rings. The van der Waals surface area contributed by atoms with Crippen molar-refractivity contribution in [2.75, 3.05) is 0 Å². The first kappa shape index (κ1) is 13.8. The number of rotatable bonds is 5. The molecule has 110 valence electrons. The van der Waals surface area contributed by atoms with Gasteiger partial charge in [-0.3, -0.25) is 10.1 Å². The van der Waals surface area contributed by atoms with Gasteiger partial charge in [0.25, 0.3) is 5.69 Å². The first-order valence-corrected chi connectivity index (χ1v) is 6.68. The van der Waals surface area contributed by atoms with E-state index in [9.17, 15) is 10.1 Å². The van der Waals surface area contributed by atoms with Crippen molar-refractivity contribution in [1.82, 2.24) is 9.78 Å². The van der Waals surface area contributed by atoms with Crippen molar-refractivity contribution in [2.45, 2.75) is 6.61 Å². The van der Waals surface area contributed by atoms with Crippen LogP contribution in [0.25, 0.3) is 5.69 Å². The molecule has 0 bridgehead atoms. The summed E-state index contributed by atoms with van der Waals surface area (Å²) in [5.74, 6) is 0.599. The number of hydrogen-bond acceptors (Lipinski definition) is 4. The van der Waals surface area contributed by atoms with Crippen LogP contribution in [0.2, 0.25) is 0 Å². The van der Waals surface area contributed by atoms with Crippen LogP contribution in [0.4, 0.5) is 5.69 Å². The van der Waals surface area contributed by atoms with Crippen LogP contribution in [0.1, 0.15) is 5.56 Å². The molecular weight excluding hydrogens is 282 g/mol. The fourth-order valence-electron chi connectivity index (χ4n) is 2.00. The number of hydrogen-bond donors (Lipinski definition) is 0. The van der Waals surface area contributed by atoms with E-state index in [0.717, 1.165) is 11.3 Å². The molecule has 0 spiro atoms. The van der Waals surface area contributed by atoms with Gasteiger partial charge in [-0.15, -0.1) is 0 Å². The molecule has 0 fully saturated rings. The summed E-state index contributed by atoms with van der Waals surface area (Å²) in [5.41, 5.74) is 2.04. The lowest BCUT2D eigenvalue weighted by molar-refractivity contribution is -0.384. The Kier molecular flexibility index (Phi) is 3.82. The van der Waals surface area contributed by atoms with E-state index in [1.165, 1.54) is 12.1 Å². The molecule has 0 radical (unpaired) electrons. The van der Waals surface area contributed by atoms with Crippen LogP contribution < -0.4 is 4.74 Å². The van der Waals surface area contributed by atoms with Crippen molar-refractivity contribution in [2.24, 2.45) is 0 Å². The van der Waals surface area contributed by atoms with Crippen molar-refractivity contribution >= 4 is 5.69 Å². The van der Waals surface area contributed by atoms with Gasteiger partial charge in [0.05, 0.1) is 10.6 Å². The van der Waals surface area contributed by atoms with E-state index < -0.39 is 4.92 Å². The molecule has 0 amide bonds. The highest BCUT2D eigenvalue weighted by Gasteiger charge is 2.04. The summed E-state index contributed by atoms with van der Waals surface area (Å²) in [6.07, 6.45) is 3.61. The lowest BCUT2D eigenvalue weighted by Gasteiger charge is -2.07. The van der Waals surface area contributed by atoms with Crippen LogP contribution in [-0.4, -0.2) is 14.7 Å². The Morgan fingerprint density at radius 2 is 1.82 bits per heavy atom. The fourth-order valence-corrected chi connectivity index (χ4v) is 2.00. The lowest BCUT2D eigenvalue weighted by atomic mass is 10.2. The summed E-state index contributed by atoms with van der Waals surface area (Å²) in [6.45, 7) is 0.400. The van der Waals surface area contributed by atoms with Crippen LogP contribution in [0.3, 0.4) is 0 Å². The molecule has 0 atom stereocenters. The van der Waals surface area contributed by atoms with Crippen molar-refractivity contribution in [3.05, 3.63) is 82.7 Å². The average Bonchev–Trinajstić information content (AvgIpc) is 3.08. The smallest absolute Gasteiger partial charge is 0.269 e. The number of aromatic nitrogens is 2. The van der Waals surface area contributed by atoms with Crippen LogP contribution in [0, 0.1) is 10.1 Å². The maximum atomic E-state index is 10.6. The van der Waals surface area contributed by atoms with Gasteiger partial charge in [-0.05, 0) is 35.9 Å². The number of benzene rings is 2. The minimum Gasteiger partial charge on any atom is -0.489 e. The van der Waals surface area contributed by atoms with Gasteiger partial charge in [0, 0.05) is 24.5 Å². The molecule has 3 aromatic rings. The molecule has 0 saturated heterocycles. The fraction of sp³-hybridized carbons (Fsp3) is 0.0625. The highest BCUT2D eigenvalue weighted by atomic mass is 16.6. The monoisotopic (exact) mass is 295 g/mol. The molecule has 3 rings (SSSR count). The molecule has 2 aromatic carbocycles. The third-order valence-corrected chi connectivity index (χ3v) is 3.16. The van der Waals surface area contributed by atoms with Gasteiger partial charge in [0.15, 0.2) is 0 Å². The Morgan fingerprint density at radius 1 is 1.09 bits per heavy atom. The highest BCUT2D eigenvalue weighted by molar-refractivity contribution is 5.37. The molecular formula is C16H13N3O3. The molecule has 22 heavy (non-hydrogen) atoms. The summed E-state index contributed by atoms with van der Waals surface area (Å²) in [7, 11) is 0. The normalized spacial score (nSPS) is 10.4. The van der Waals surface area contributed by atoms with E-state index in [1.54, 1.807) is 23.0 Å². The predicted octanol–water partition coefficient (Wildman–Crippen LogP) is 3.36. The van der Waals surface area contributed by atoms with E-state index in [0.29, 0.717) is 12.4 Å². The van der Waals surface area contributed by atoms with Crippen LogP contribution in [0.15, 0.2) is 67.0 Å². The summed E-state index contributed by atoms with van der Waals surface area (Å²) in [4.78, 5) is 10.1. The van der Waals surface area contributed by atoms with Gasteiger partial charge in [-0.2, -0.15) is 5.10 Å². The van der Waals surface area contributed by atoms with E-state index in [1.807, 2.05) is 36.5 Å². The van der Waals surface area contributed by atoms with Gasteiger partial charge in [-0.25, -0.2) is 4.68 Å². The van der Waals surface area contributed by atoms with Crippen LogP contribution >= 0.6 is 0 Å². The van der Waals surface area contributed by atoms with Gasteiger partial charge >= 0.3 is 0 Å². The van der Waals surface area contributed by atoms with Gasteiger partial charge in [0.2, 0.25) is 0 Å². The highest BCUT2D eigenvalue weighted by Crippen LogP contribution is 2.18. The summed E-state index contributed by atoms with van der Waals surface area (Å²) in [5, 5.41) is 14.7. The molecule has 0 aliphatic heterocycles. The number of nitro groups is 1. The van der Waals surface area contributed by atoms with Crippen LogP contribution in [0.5, 0.6) is 5.75 Å². The summed E-state index contributed by atoms with van der Waals surface area (Å²) in [6, 6.07) is 15.7. The standard InChI is InChI=1S/C16H13N3O3/c20-19(21)15-6-8-16(9-7-15)22-12-13-2-4-14(5-3-13)18-11-1-10-17-18/h1-11H,12H2. The van der Waals surface area contributed by atoms with Gasteiger partial charge < -0.3 is 4.74 Å². The van der Waals surface area contributed by atoms with Crippen LogP contribution in [-0.2, 0) is 6.61 Å². The zero-order chi connectivity index (χ0) is 15.4. The zero-order valence-electron chi connectivity index (χ0n) is 11.6. The predicted molar refractivity (Wildman–Crippen MR) is 81.0 cm³/mol. The van der Waals surface area contributed by atoms with Crippen molar-refractivity contribution in [1.29, 1.82) is 0 Å². The lowest BCUT2D eigenvalue weighted by Crippen LogP contribution is -1.98. The molecule has 0 N–H and O–H groups in total. The van der Waals surface area contributed by atoms with E-state index in [4.69, 9.17) is 4.74 Å². The molecule has 1 aromatic heterocycles. The quantitative estimate of drug-likeness (QED) is 0.534. The topological polar surface area (TPSA) is 70.2 Å². The summed E-state index contributed by atoms with van der Waals surface area (Å²) >= 11 is 0. The number of nitro benzene ring substituents is 1. The first-order chi connectivity index (χ1) is 10.7. The Balaban J connectivity index is 1.63. The maximum absolute atomic E-state index is 10.6. The Bertz CT molecular complexity index is 750. The van der Waals surface area contributed by atoms with Crippen molar-refractivity contribution in [3.8, 4) is 11.4 Å². The number of non-ortho nitro benzene ring substituents is 1. The number of ether oxygens (including phenoxy) is 1. The van der Waals surface area contributed by atoms with E-state index in [2.05, 4.69) is 5.10 Å². The summed E-state index contributed by atoms with van der Waals surface area (Å²) < 4.78 is 7.39. The zero-order valence-corrected chi connectivity index (χ0v) is 11.6. The van der Waals surface area contributed by atoms with Crippen molar-refractivity contribution in [3.63, 3.8) is 0 Å². The Morgan fingerprint density at radius 3 is 2.41 bits per heavy atom.